The Morgan fingerprint density at radius 1 is 1.13 bits per heavy atom. The minimum absolute atomic E-state index is 0.0185. The third kappa shape index (κ3) is 2.17. The van der Waals surface area contributed by atoms with Crippen LogP contribution in [0.15, 0.2) is 24.3 Å². The maximum absolute atomic E-state index is 14.1. The van der Waals surface area contributed by atoms with Crippen molar-refractivity contribution in [1.82, 2.24) is 4.90 Å². The number of carbonyl (C=O) groups excluding carboxylic acids is 1. The normalized spacial score (nSPS) is 26.8. The fraction of sp³-hybridized carbons (Fsp3) is 0.556. The van der Waals surface area contributed by atoms with Crippen molar-refractivity contribution in [2.24, 2.45) is 11.3 Å². The highest BCUT2D eigenvalue weighted by atomic mass is 19.1. The van der Waals surface area contributed by atoms with Gasteiger partial charge >= 0.3 is 5.97 Å². The molecule has 3 aliphatic rings. The zero-order valence-corrected chi connectivity index (χ0v) is 12.9. The third-order valence-electron chi connectivity index (χ3n) is 6.08. The minimum atomic E-state index is -0.713. The van der Waals surface area contributed by atoms with Gasteiger partial charge in [0, 0.05) is 18.7 Å². The summed E-state index contributed by atoms with van der Waals surface area (Å²) >= 11 is 0. The Labute approximate surface area is 134 Å². The molecule has 1 aromatic rings. The molecule has 5 heteroatoms. The van der Waals surface area contributed by atoms with Gasteiger partial charge in [0.1, 0.15) is 5.82 Å². The van der Waals surface area contributed by atoms with Gasteiger partial charge in [0.25, 0.3) is 0 Å². The molecule has 4 nitrogen and oxygen atoms in total. The van der Waals surface area contributed by atoms with Crippen molar-refractivity contribution in [1.29, 1.82) is 0 Å². The van der Waals surface area contributed by atoms with E-state index in [0.29, 0.717) is 31.5 Å². The van der Waals surface area contributed by atoms with Crippen LogP contribution in [0.4, 0.5) is 4.39 Å². The van der Waals surface area contributed by atoms with E-state index >= 15 is 0 Å². The Balaban J connectivity index is 1.47. The van der Waals surface area contributed by atoms with Crippen LogP contribution in [0, 0.1) is 17.2 Å². The molecule has 1 atom stereocenters. The average Bonchev–Trinajstić information content (AvgIpc) is 3.44. The quantitative estimate of drug-likeness (QED) is 0.932. The van der Waals surface area contributed by atoms with Crippen LogP contribution in [-0.2, 0) is 15.0 Å². The predicted octanol–water partition coefficient (Wildman–Crippen LogP) is 2.57. The minimum Gasteiger partial charge on any atom is -0.481 e. The van der Waals surface area contributed by atoms with Gasteiger partial charge in [-0.1, -0.05) is 18.2 Å². The van der Waals surface area contributed by atoms with Gasteiger partial charge in [-0.25, -0.2) is 4.39 Å². The van der Waals surface area contributed by atoms with Gasteiger partial charge < -0.3 is 10.0 Å². The van der Waals surface area contributed by atoms with Crippen LogP contribution in [0.25, 0.3) is 0 Å². The first kappa shape index (κ1) is 14.7. The zero-order chi connectivity index (χ0) is 16.2. The summed E-state index contributed by atoms with van der Waals surface area (Å²) in [6.07, 6.45) is 3.65. The van der Waals surface area contributed by atoms with Crippen LogP contribution in [0.1, 0.15) is 37.7 Å². The molecule has 0 bridgehead atoms. The zero-order valence-electron chi connectivity index (χ0n) is 12.9. The van der Waals surface area contributed by atoms with E-state index in [4.69, 9.17) is 5.11 Å². The lowest BCUT2D eigenvalue weighted by molar-refractivity contribution is -0.140. The smallest absolute Gasteiger partial charge is 0.307 e. The first-order chi connectivity index (χ1) is 11.0. The molecular formula is C18H20FNO3. The molecule has 2 aliphatic carbocycles. The number of halogens is 1. The molecule has 1 unspecified atom stereocenters. The molecule has 0 radical (unpaired) electrons. The molecule has 0 aromatic heterocycles. The number of carboxylic acids is 1. The van der Waals surface area contributed by atoms with Crippen molar-refractivity contribution in [3.8, 4) is 0 Å². The second-order valence-corrected chi connectivity index (χ2v) is 7.31. The summed E-state index contributed by atoms with van der Waals surface area (Å²) in [6.45, 7) is 1.19. The molecule has 1 aliphatic heterocycles. The number of carbonyl (C=O) groups is 2. The average molecular weight is 317 g/mol. The number of carboxylic acid groups (broad SMARTS) is 1. The van der Waals surface area contributed by atoms with E-state index in [1.54, 1.807) is 18.2 Å². The Morgan fingerprint density at radius 3 is 2.30 bits per heavy atom. The van der Waals surface area contributed by atoms with Crippen LogP contribution < -0.4 is 0 Å². The van der Waals surface area contributed by atoms with Crippen molar-refractivity contribution < 1.29 is 19.1 Å². The van der Waals surface area contributed by atoms with Crippen molar-refractivity contribution in [3.05, 3.63) is 35.6 Å². The van der Waals surface area contributed by atoms with Gasteiger partial charge in [-0.05, 0) is 43.6 Å². The maximum atomic E-state index is 14.1. The number of hydrogen-bond acceptors (Lipinski definition) is 2. The van der Waals surface area contributed by atoms with E-state index < -0.39 is 11.4 Å². The first-order valence-electron chi connectivity index (χ1n) is 8.26. The van der Waals surface area contributed by atoms with Crippen molar-refractivity contribution in [2.75, 3.05) is 13.1 Å². The molecule has 1 spiro atoms. The Bertz CT molecular complexity index is 675. The Hall–Kier alpha value is -1.91. The van der Waals surface area contributed by atoms with Crippen LogP contribution in [0.5, 0.6) is 0 Å². The first-order valence-corrected chi connectivity index (χ1v) is 8.26. The molecule has 2 saturated carbocycles. The molecule has 1 saturated heterocycles. The number of likely N-dealkylation sites (tertiary alicyclic amines) is 1. The number of benzene rings is 1. The van der Waals surface area contributed by atoms with Crippen molar-refractivity contribution in [2.45, 2.75) is 37.5 Å². The fourth-order valence-corrected chi connectivity index (χ4v) is 4.28. The number of aliphatic carboxylic acids is 1. The van der Waals surface area contributed by atoms with E-state index in [9.17, 15) is 14.0 Å². The van der Waals surface area contributed by atoms with Gasteiger partial charge in [0.15, 0.2) is 0 Å². The number of piperidine rings is 1. The molecule has 1 aromatic carbocycles. The highest BCUT2D eigenvalue weighted by Gasteiger charge is 2.61. The summed E-state index contributed by atoms with van der Waals surface area (Å²) in [7, 11) is 0. The lowest BCUT2D eigenvalue weighted by atomic mass is 9.88. The van der Waals surface area contributed by atoms with E-state index in [-0.39, 0.29) is 23.1 Å². The van der Waals surface area contributed by atoms with Gasteiger partial charge in [-0.3, -0.25) is 9.59 Å². The third-order valence-corrected chi connectivity index (χ3v) is 6.08. The summed E-state index contributed by atoms with van der Waals surface area (Å²) in [5.41, 5.74) is -0.247. The summed E-state index contributed by atoms with van der Waals surface area (Å²) in [5.74, 6) is -1.24. The summed E-state index contributed by atoms with van der Waals surface area (Å²) in [6, 6.07) is 6.55. The largest absolute Gasteiger partial charge is 0.481 e. The second-order valence-electron chi connectivity index (χ2n) is 7.31. The molecule has 23 heavy (non-hydrogen) atoms. The summed E-state index contributed by atoms with van der Waals surface area (Å²) < 4.78 is 14.1. The lowest BCUT2D eigenvalue weighted by Gasteiger charge is -2.35. The summed E-state index contributed by atoms with van der Waals surface area (Å²) in [4.78, 5) is 25.9. The molecule has 1 heterocycles. The number of amides is 1. The van der Waals surface area contributed by atoms with Crippen LogP contribution >= 0.6 is 0 Å². The standard InChI is InChI=1S/C18H20FNO3/c19-14-4-2-1-3-12(14)18(5-6-18)16(23)20-9-7-17(8-10-20)11-13(17)15(21)22/h1-4,13H,5-11H2,(H,21,22). The predicted molar refractivity (Wildman–Crippen MR) is 81.3 cm³/mol. The summed E-state index contributed by atoms with van der Waals surface area (Å²) in [5, 5.41) is 9.14. The lowest BCUT2D eigenvalue weighted by Crippen LogP contribution is -2.45. The monoisotopic (exact) mass is 317 g/mol. The molecule has 122 valence electrons. The number of rotatable bonds is 3. The van der Waals surface area contributed by atoms with Gasteiger partial charge in [0.05, 0.1) is 11.3 Å². The van der Waals surface area contributed by atoms with E-state index in [1.165, 1.54) is 6.07 Å². The molecule has 3 fully saturated rings. The van der Waals surface area contributed by atoms with E-state index in [1.807, 2.05) is 4.90 Å². The second kappa shape index (κ2) is 4.79. The molecule has 1 amide bonds. The van der Waals surface area contributed by atoms with Crippen molar-refractivity contribution >= 4 is 11.9 Å². The topological polar surface area (TPSA) is 57.6 Å². The van der Waals surface area contributed by atoms with Gasteiger partial charge in [-0.15, -0.1) is 0 Å². The number of nitrogens with zero attached hydrogens (tertiary/aromatic N) is 1. The van der Waals surface area contributed by atoms with Gasteiger partial charge in [-0.2, -0.15) is 0 Å². The Kier molecular flexibility index (Phi) is 3.06. The SMILES string of the molecule is O=C(O)C1CC12CCN(C(=O)C1(c3ccccc3F)CC1)CC2. The van der Waals surface area contributed by atoms with Crippen LogP contribution in [0.2, 0.25) is 0 Å². The van der Waals surface area contributed by atoms with E-state index in [2.05, 4.69) is 0 Å². The highest BCUT2D eigenvalue weighted by Crippen LogP contribution is 2.60. The number of hydrogen-bond donors (Lipinski definition) is 1. The maximum Gasteiger partial charge on any atom is 0.307 e. The molecule has 4 rings (SSSR count). The Morgan fingerprint density at radius 2 is 1.78 bits per heavy atom. The highest BCUT2D eigenvalue weighted by molar-refractivity contribution is 5.91. The van der Waals surface area contributed by atoms with E-state index in [0.717, 1.165) is 19.3 Å². The van der Waals surface area contributed by atoms with Crippen LogP contribution in [0.3, 0.4) is 0 Å². The molecular weight excluding hydrogens is 297 g/mol. The fourth-order valence-electron chi connectivity index (χ4n) is 4.28. The van der Waals surface area contributed by atoms with Gasteiger partial charge in [0.2, 0.25) is 5.91 Å². The molecule has 1 N–H and O–H groups in total. The van der Waals surface area contributed by atoms with Crippen molar-refractivity contribution in [3.63, 3.8) is 0 Å². The van der Waals surface area contributed by atoms with Crippen LogP contribution in [-0.4, -0.2) is 35.0 Å².